The Morgan fingerprint density at radius 3 is 2.28 bits per heavy atom. The molecule has 0 heterocycles. The van der Waals surface area contributed by atoms with E-state index in [1.54, 1.807) is 12.1 Å². The fraction of sp³-hybridized carbons (Fsp3) is 0.600. The van der Waals surface area contributed by atoms with Gasteiger partial charge < -0.3 is 10.4 Å². The average Bonchev–Trinajstić information content (AvgIpc) is 2.40. The van der Waals surface area contributed by atoms with Gasteiger partial charge in [-0.05, 0) is 42.4 Å². The molecule has 0 bridgehead atoms. The van der Waals surface area contributed by atoms with Crippen LogP contribution in [0.3, 0.4) is 0 Å². The van der Waals surface area contributed by atoms with E-state index in [4.69, 9.17) is 5.11 Å². The van der Waals surface area contributed by atoms with Gasteiger partial charge in [0, 0.05) is 19.7 Å². The van der Waals surface area contributed by atoms with Gasteiger partial charge in [-0.25, -0.2) is 4.39 Å². The third-order valence-electron chi connectivity index (χ3n) is 3.88. The average molecular weight is 253 g/mol. The van der Waals surface area contributed by atoms with E-state index < -0.39 is 0 Å². The van der Waals surface area contributed by atoms with Crippen LogP contribution in [0.2, 0.25) is 0 Å². The summed E-state index contributed by atoms with van der Waals surface area (Å²) in [5.41, 5.74) is 1.26. The van der Waals surface area contributed by atoms with Crippen molar-refractivity contribution in [2.75, 3.05) is 13.2 Å². The first-order chi connectivity index (χ1) is 8.65. The molecule has 0 amide bonds. The van der Waals surface area contributed by atoms with Gasteiger partial charge in [-0.3, -0.25) is 0 Å². The van der Waals surface area contributed by atoms with Gasteiger partial charge in [0.15, 0.2) is 0 Å². The first kappa shape index (κ1) is 15.1. The fourth-order valence-electron chi connectivity index (χ4n) is 2.25. The van der Waals surface area contributed by atoms with E-state index in [1.165, 1.54) is 12.1 Å². The number of aliphatic hydroxyl groups excluding tert-OH is 1. The van der Waals surface area contributed by atoms with Crippen molar-refractivity contribution in [1.82, 2.24) is 5.32 Å². The summed E-state index contributed by atoms with van der Waals surface area (Å²) in [6.07, 6.45) is 2.94. The molecule has 0 fully saturated rings. The van der Waals surface area contributed by atoms with E-state index in [-0.39, 0.29) is 17.8 Å². The number of rotatable bonds is 8. The molecule has 0 atom stereocenters. The van der Waals surface area contributed by atoms with Gasteiger partial charge in [0.2, 0.25) is 0 Å². The zero-order valence-electron chi connectivity index (χ0n) is 11.4. The minimum atomic E-state index is -0.199. The molecule has 102 valence electrons. The number of nitrogens with one attached hydrogen (secondary N) is 1. The van der Waals surface area contributed by atoms with E-state index in [0.717, 1.165) is 37.9 Å². The van der Waals surface area contributed by atoms with Gasteiger partial charge >= 0.3 is 0 Å². The maximum Gasteiger partial charge on any atom is 0.123 e. The van der Waals surface area contributed by atoms with Crippen LogP contribution in [0, 0.1) is 11.2 Å². The van der Waals surface area contributed by atoms with Crippen molar-refractivity contribution in [3.05, 3.63) is 35.6 Å². The molecule has 0 aliphatic rings. The molecule has 2 N–H and O–H groups in total. The molecular weight excluding hydrogens is 229 g/mol. The lowest BCUT2D eigenvalue weighted by atomic mass is 9.79. The predicted molar refractivity (Wildman–Crippen MR) is 72.8 cm³/mol. The lowest BCUT2D eigenvalue weighted by Gasteiger charge is -2.31. The van der Waals surface area contributed by atoms with Crippen molar-refractivity contribution in [2.45, 2.75) is 39.7 Å². The first-order valence-electron chi connectivity index (χ1n) is 6.72. The van der Waals surface area contributed by atoms with E-state index in [9.17, 15) is 4.39 Å². The Labute approximate surface area is 109 Å². The summed E-state index contributed by atoms with van der Waals surface area (Å²) in [6.45, 7) is 6.20. The highest BCUT2D eigenvalue weighted by Crippen LogP contribution is 2.29. The summed E-state index contributed by atoms with van der Waals surface area (Å²) in [7, 11) is 0. The Balaban J connectivity index is 2.45. The summed E-state index contributed by atoms with van der Waals surface area (Å²) < 4.78 is 12.8. The second kappa shape index (κ2) is 7.49. The maximum atomic E-state index is 12.8. The molecule has 3 heteroatoms. The molecule has 1 rings (SSSR count). The zero-order valence-corrected chi connectivity index (χ0v) is 11.4. The molecular formula is C15H24FNO. The Kier molecular flexibility index (Phi) is 6.30. The SMILES string of the molecule is CCC(CC)(CCO)CNCc1ccc(F)cc1. The molecule has 18 heavy (non-hydrogen) atoms. The number of halogens is 1. The van der Waals surface area contributed by atoms with Crippen LogP contribution in [0.5, 0.6) is 0 Å². The van der Waals surface area contributed by atoms with Crippen LogP contribution in [0.25, 0.3) is 0 Å². The van der Waals surface area contributed by atoms with Crippen LogP contribution < -0.4 is 5.32 Å². The van der Waals surface area contributed by atoms with Crippen LogP contribution in [0.1, 0.15) is 38.7 Å². The largest absolute Gasteiger partial charge is 0.396 e. The topological polar surface area (TPSA) is 32.3 Å². The van der Waals surface area contributed by atoms with Crippen LogP contribution in [-0.2, 0) is 6.54 Å². The van der Waals surface area contributed by atoms with Crippen molar-refractivity contribution in [3.8, 4) is 0 Å². The number of benzene rings is 1. The van der Waals surface area contributed by atoms with Crippen LogP contribution in [0.15, 0.2) is 24.3 Å². The summed E-state index contributed by atoms with van der Waals surface area (Å²) >= 11 is 0. The molecule has 1 aromatic carbocycles. The Morgan fingerprint density at radius 1 is 1.17 bits per heavy atom. The van der Waals surface area contributed by atoms with Crippen molar-refractivity contribution in [2.24, 2.45) is 5.41 Å². The Morgan fingerprint density at radius 2 is 1.78 bits per heavy atom. The third kappa shape index (κ3) is 4.39. The summed E-state index contributed by atoms with van der Waals surface area (Å²) in [5, 5.41) is 12.6. The van der Waals surface area contributed by atoms with Crippen molar-refractivity contribution in [3.63, 3.8) is 0 Å². The van der Waals surface area contributed by atoms with Gasteiger partial charge in [0.05, 0.1) is 0 Å². The minimum absolute atomic E-state index is 0.175. The summed E-state index contributed by atoms with van der Waals surface area (Å²) in [5.74, 6) is -0.199. The second-order valence-electron chi connectivity index (χ2n) is 4.91. The summed E-state index contributed by atoms with van der Waals surface area (Å²) in [6, 6.07) is 6.57. The number of hydrogen-bond acceptors (Lipinski definition) is 2. The minimum Gasteiger partial charge on any atom is -0.396 e. The third-order valence-corrected chi connectivity index (χ3v) is 3.88. The normalized spacial score (nSPS) is 11.8. The zero-order chi connectivity index (χ0) is 13.4. The van der Waals surface area contributed by atoms with Crippen molar-refractivity contribution in [1.29, 1.82) is 0 Å². The molecule has 0 saturated carbocycles. The molecule has 0 aromatic heterocycles. The second-order valence-corrected chi connectivity index (χ2v) is 4.91. The molecule has 0 saturated heterocycles. The van der Waals surface area contributed by atoms with Gasteiger partial charge in [-0.2, -0.15) is 0 Å². The van der Waals surface area contributed by atoms with Gasteiger partial charge in [0.25, 0.3) is 0 Å². The van der Waals surface area contributed by atoms with Crippen molar-refractivity contribution >= 4 is 0 Å². The molecule has 0 radical (unpaired) electrons. The number of hydrogen-bond donors (Lipinski definition) is 2. The van der Waals surface area contributed by atoms with Crippen LogP contribution >= 0.6 is 0 Å². The standard InChI is InChI=1S/C15H24FNO/c1-3-15(4-2,9-10-18)12-17-11-13-5-7-14(16)8-6-13/h5-8,17-18H,3-4,9-12H2,1-2H3. The molecule has 2 nitrogen and oxygen atoms in total. The maximum absolute atomic E-state index is 12.8. The smallest absolute Gasteiger partial charge is 0.123 e. The van der Waals surface area contributed by atoms with Crippen LogP contribution in [-0.4, -0.2) is 18.3 Å². The monoisotopic (exact) mass is 253 g/mol. The van der Waals surface area contributed by atoms with Gasteiger partial charge in [-0.1, -0.05) is 26.0 Å². The lowest BCUT2D eigenvalue weighted by molar-refractivity contribution is 0.163. The fourth-order valence-corrected chi connectivity index (χ4v) is 2.25. The molecule has 0 aliphatic carbocycles. The Bertz CT molecular complexity index is 333. The van der Waals surface area contributed by atoms with Gasteiger partial charge in [0.1, 0.15) is 5.82 Å². The molecule has 0 spiro atoms. The predicted octanol–water partition coefficient (Wildman–Crippen LogP) is 3.10. The van der Waals surface area contributed by atoms with E-state index >= 15 is 0 Å². The molecule has 1 aromatic rings. The first-order valence-corrected chi connectivity index (χ1v) is 6.72. The summed E-state index contributed by atoms with van der Waals surface area (Å²) in [4.78, 5) is 0. The molecule has 0 unspecified atom stereocenters. The Hall–Kier alpha value is -0.930. The highest BCUT2D eigenvalue weighted by molar-refractivity contribution is 5.15. The van der Waals surface area contributed by atoms with E-state index in [2.05, 4.69) is 19.2 Å². The van der Waals surface area contributed by atoms with E-state index in [0.29, 0.717) is 0 Å². The number of aliphatic hydroxyl groups is 1. The quantitative estimate of drug-likeness (QED) is 0.746. The van der Waals surface area contributed by atoms with Gasteiger partial charge in [-0.15, -0.1) is 0 Å². The van der Waals surface area contributed by atoms with E-state index in [1.807, 2.05) is 0 Å². The molecule has 0 aliphatic heterocycles. The lowest BCUT2D eigenvalue weighted by Crippen LogP contribution is -2.34. The van der Waals surface area contributed by atoms with Crippen LogP contribution in [0.4, 0.5) is 4.39 Å². The highest BCUT2D eigenvalue weighted by Gasteiger charge is 2.24. The van der Waals surface area contributed by atoms with Crippen molar-refractivity contribution < 1.29 is 9.50 Å². The highest BCUT2D eigenvalue weighted by atomic mass is 19.1.